The summed E-state index contributed by atoms with van der Waals surface area (Å²) in [6, 6.07) is 33.4. The highest BCUT2D eigenvalue weighted by Gasteiger charge is 2.45. The number of ether oxygens (including phenoxy) is 3. The van der Waals surface area contributed by atoms with Gasteiger partial charge in [0.25, 0.3) is 0 Å². The highest BCUT2D eigenvalue weighted by molar-refractivity contribution is 5.19. The van der Waals surface area contributed by atoms with Crippen LogP contribution in [0.2, 0.25) is 0 Å². The van der Waals surface area contributed by atoms with Crippen molar-refractivity contribution in [3.8, 4) is 0 Å². The van der Waals surface area contributed by atoms with E-state index in [0.29, 0.717) is 44.9 Å². The molecule has 0 unspecified atom stereocenters. The van der Waals surface area contributed by atoms with Crippen molar-refractivity contribution >= 4 is 0 Å². The van der Waals surface area contributed by atoms with E-state index in [-0.39, 0.29) is 12.7 Å². The first-order chi connectivity index (χ1) is 20.6. The third-order valence-electron chi connectivity index (χ3n) is 7.69. The molecule has 5 nitrogen and oxygen atoms in total. The summed E-state index contributed by atoms with van der Waals surface area (Å²) >= 11 is 0. The topological polar surface area (TPSA) is 51.2 Å². The molecule has 4 aromatic carbocycles. The van der Waals surface area contributed by atoms with Crippen LogP contribution in [0.25, 0.3) is 0 Å². The SMILES string of the molecule is OC[C@@H]1[C@@H](OCc2ccccc2)[C@H](OCc2ccccc2)[C@@H](OCc2ccccc2)CN1CCc1ccc(F)c(F)c1. The fourth-order valence-corrected chi connectivity index (χ4v) is 5.42. The van der Waals surface area contributed by atoms with Crippen LogP contribution in [0, 0.1) is 11.6 Å². The van der Waals surface area contributed by atoms with E-state index in [9.17, 15) is 13.9 Å². The molecule has 1 aliphatic heterocycles. The third-order valence-corrected chi connectivity index (χ3v) is 7.69. The molecule has 0 aromatic heterocycles. The quantitative estimate of drug-likeness (QED) is 0.215. The third kappa shape index (κ3) is 8.09. The van der Waals surface area contributed by atoms with Gasteiger partial charge in [-0.15, -0.1) is 0 Å². The number of halogens is 2. The van der Waals surface area contributed by atoms with E-state index in [1.54, 1.807) is 6.07 Å². The first-order valence-corrected chi connectivity index (χ1v) is 14.4. The van der Waals surface area contributed by atoms with Crippen molar-refractivity contribution in [1.29, 1.82) is 0 Å². The lowest BCUT2D eigenvalue weighted by Gasteiger charge is -2.48. The van der Waals surface area contributed by atoms with Crippen molar-refractivity contribution in [2.75, 3.05) is 19.7 Å². The standard InChI is InChI=1S/C35H37F2NO4/c36-30-17-16-26(20-31(30)37)18-19-38-21-33(40-23-27-10-4-1-5-11-27)35(42-25-29-14-8-3-9-15-29)34(32(38)22-39)41-24-28-12-6-2-7-13-28/h1-17,20,32-35,39H,18-19,21-25H2/t32-,33+,34-,35-/m1/s1. The highest BCUT2D eigenvalue weighted by atomic mass is 19.2. The fraction of sp³-hybridized carbons (Fsp3) is 0.314. The molecule has 1 heterocycles. The van der Waals surface area contributed by atoms with Crippen molar-refractivity contribution < 1.29 is 28.1 Å². The molecule has 0 spiro atoms. The smallest absolute Gasteiger partial charge is 0.159 e. The van der Waals surface area contributed by atoms with Gasteiger partial charge in [-0.05, 0) is 40.8 Å². The molecule has 0 radical (unpaired) electrons. The molecule has 1 fully saturated rings. The molecule has 1 saturated heterocycles. The second kappa shape index (κ2) is 15.1. The van der Waals surface area contributed by atoms with Crippen molar-refractivity contribution in [3.05, 3.63) is 143 Å². The summed E-state index contributed by atoms with van der Waals surface area (Å²) in [6.07, 6.45) is -0.879. The Labute approximate surface area is 246 Å². The van der Waals surface area contributed by atoms with Crippen LogP contribution in [-0.2, 0) is 40.5 Å². The maximum atomic E-state index is 13.9. The number of rotatable bonds is 13. The van der Waals surface area contributed by atoms with Gasteiger partial charge in [0, 0.05) is 13.1 Å². The minimum absolute atomic E-state index is 0.159. The Bertz CT molecular complexity index is 1360. The van der Waals surface area contributed by atoms with Crippen LogP contribution < -0.4 is 0 Å². The van der Waals surface area contributed by atoms with Crippen molar-refractivity contribution in [3.63, 3.8) is 0 Å². The number of likely N-dealkylation sites (tertiary alicyclic amines) is 1. The molecular formula is C35H37F2NO4. The van der Waals surface area contributed by atoms with Crippen molar-refractivity contribution in [2.24, 2.45) is 0 Å². The largest absolute Gasteiger partial charge is 0.395 e. The lowest BCUT2D eigenvalue weighted by atomic mass is 9.92. The number of hydrogen-bond donors (Lipinski definition) is 1. The molecule has 42 heavy (non-hydrogen) atoms. The minimum atomic E-state index is -0.868. The minimum Gasteiger partial charge on any atom is -0.395 e. The Hall–Kier alpha value is -3.46. The van der Waals surface area contributed by atoms with Gasteiger partial charge in [0.05, 0.1) is 38.6 Å². The lowest BCUT2D eigenvalue weighted by molar-refractivity contribution is -0.207. The lowest BCUT2D eigenvalue weighted by Crippen LogP contribution is -2.64. The Morgan fingerprint density at radius 2 is 1.14 bits per heavy atom. The summed E-state index contributed by atoms with van der Waals surface area (Å²) in [5, 5.41) is 10.7. The Balaban J connectivity index is 1.40. The average Bonchev–Trinajstić information content (AvgIpc) is 3.04. The number of benzene rings is 4. The maximum absolute atomic E-state index is 13.9. The number of piperidine rings is 1. The van der Waals surface area contributed by atoms with Crippen molar-refractivity contribution in [2.45, 2.75) is 50.6 Å². The van der Waals surface area contributed by atoms with Crippen LogP contribution >= 0.6 is 0 Å². The van der Waals surface area contributed by atoms with Crippen LogP contribution in [0.1, 0.15) is 22.3 Å². The summed E-state index contributed by atoms with van der Waals surface area (Å²) in [7, 11) is 0. The molecule has 0 bridgehead atoms. The van der Waals surface area contributed by atoms with Gasteiger partial charge < -0.3 is 19.3 Å². The highest BCUT2D eigenvalue weighted by Crippen LogP contribution is 2.29. The van der Waals surface area contributed by atoms with Gasteiger partial charge in [0.1, 0.15) is 12.2 Å². The average molecular weight is 574 g/mol. The second-order valence-electron chi connectivity index (χ2n) is 10.6. The molecule has 1 aliphatic rings. The van der Waals surface area contributed by atoms with E-state index in [1.807, 2.05) is 91.0 Å². The molecule has 4 atom stereocenters. The van der Waals surface area contributed by atoms with E-state index >= 15 is 0 Å². The Morgan fingerprint density at radius 1 is 0.619 bits per heavy atom. The molecule has 7 heteroatoms. The zero-order valence-corrected chi connectivity index (χ0v) is 23.5. The summed E-state index contributed by atoms with van der Waals surface area (Å²) in [6.45, 7) is 1.92. The molecule has 0 saturated carbocycles. The number of aliphatic hydroxyl groups excluding tert-OH is 1. The monoisotopic (exact) mass is 573 g/mol. The summed E-state index contributed by atoms with van der Waals surface area (Å²) in [4.78, 5) is 2.12. The fourth-order valence-electron chi connectivity index (χ4n) is 5.42. The van der Waals surface area contributed by atoms with E-state index < -0.39 is 29.9 Å². The molecule has 1 N–H and O–H groups in total. The van der Waals surface area contributed by atoms with E-state index in [2.05, 4.69) is 4.90 Å². The molecule has 0 amide bonds. The van der Waals surface area contributed by atoms with E-state index in [4.69, 9.17) is 14.2 Å². The van der Waals surface area contributed by atoms with Gasteiger partial charge >= 0.3 is 0 Å². The molecule has 5 rings (SSSR count). The predicted molar refractivity (Wildman–Crippen MR) is 158 cm³/mol. The van der Waals surface area contributed by atoms with E-state index in [0.717, 1.165) is 22.8 Å². The molecule has 4 aromatic rings. The zero-order chi connectivity index (χ0) is 29.1. The normalized spacial score (nSPS) is 20.9. The van der Waals surface area contributed by atoms with Gasteiger partial charge in [-0.2, -0.15) is 0 Å². The van der Waals surface area contributed by atoms with Crippen LogP contribution in [-0.4, -0.2) is 54.1 Å². The van der Waals surface area contributed by atoms with Gasteiger partial charge in [0.15, 0.2) is 11.6 Å². The summed E-state index contributed by atoms with van der Waals surface area (Å²) < 4.78 is 47.1. The maximum Gasteiger partial charge on any atom is 0.159 e. The zero-order valence-electron chi connectivity index (χ0n) is 23.5. The van der Waals surface area contributed by atoms with Gasteiger partial charge in [-0.3, -0.25) is 4.90 Å². The summed E-state index contributed by atoms with van der Waals surface area (Å²) in [5.41, 5.74) is 3.76. The van der Waals surface area contributed by atoms with Crippen LogP contribution in [0.4, 0.5) is 8.78 Å². The number of aliphatic hydroxyl groups is 1. The number of hydrogen-bond acceptors (Lipinski definition) is 5. The predicted octanol–water partition coefficient (Wildman–Crippen LogP) is 5.94. The first-order valence-electron chi connectivity index (χ1n) is 14.4. The first kappa shape index (κ1) is 30.0. The van der Waals surface area contributed by atoms with Gasteiger partial charge in [-0.1, -0.05) is 97.1 Å². The van der Waals surface area contributed by atoms with Gasteiger partial charge in [-0.25, -0.2) is 8.78 Å². The van der Waals surface area contributed by atoms with Crippen LogP contribution in [0.15, 0.2) is 109 Å². The Morgan fingerprint density at radius 3 is 1.67 bits per heavy atom. The van der Waals surface area contributed by atoms with Crippen LogP contribution in [0.3, 0.4) is 0 Å². The van der Waals surface area contributed by atoms with Crippen molar-refractivity contribution in [1.82, 2.24) is 4.90 Å². The number of nitrogens with zero attached hydrogens (tertiary/aromatic N) is 1. The molecular weight excluding hydrogens is 536 g/mol. The molecule has 220 valence electrons. The second-order valence-corrected chi connectivity index (χ2v) is 10.6. The summed E-state index contributed by atoms with van der Waals surface area (Å²) in [5.74, 6) is -1.74. The van der Waals surface area contributed by atoms with E-state index in [1.165, 1.54) is 6.07 Å². The van der Waals surface area contributed by atoms with Crippen LogP contribution in [0.5, 0.6) is 0 Å². The Kier molecular flexibility index (Phi) is 10.8. The van der Waals surface area contributed by atoms with Gasteiger partial charge in [0.2, 0.25) is 0 Å². The molecule has 0 aliphatic carbocycles.